The Labute approximate surface area is 255 Å². The van der Waals surface area contributed by atoms with Crippen LogP contribution in [0.25, 0.3) is 17.1 Å². The molecule has 2 heterocycles. The number of anilines is 1. The number of carbonyl (C=O) groups is 1. The van der Waals surface area contributed by atoms with E-state index < -0.39 is 6.36 Å². The summed E-state index contributed by atoms with van der Waals surface area (Å²) in [6, 6.07) is 18.4. The monoisotopic (exact) mass is 626 g/mol. The number of halogens is 4. The summed E-state index contributed by atoms with van der Waals surface area (Å²) in [4.78, 5) is 18.9. The predicted octanol–water partition coefficient (Wildman–Crippen LogP) is 7.64. The van der Waals surface area contributed by atoms with Crippen molar-refractivity contribution < 1.29 is 22.7 Å². The van der Waals surface area contributed by atoms with E-state index in [-0.39, 0.29) is 23.3 Å². The molecule has 5 rings (SSSR count). The summed E-state index contributed by atoms with van der Waals surface area (Å²) in [6.07, 6.45) is -2.72. The Balaban J connectivity index is 1.36. The lowest BCUT2D eigenvalue weighted by atomic mass is 10.0. The molecule has 13 heteroatoms. The van der Waals surface area contributed by atoms with Gasteiger partial charge in [-0.15, -0.1) is 23.4 Å². The molecule has 1 aliphatic heterocycles. The van der Waals surface area contributed by atoms with Crippen LogP contribution in [0.3, 0.4) is 0 Å². The summed E-state index contributed by atoms with van der Waals surface area (Å²) in [5.41, 5.74) is 3.63. The van der Waals surface area contributed by atoms with E-state index in [1.54, 1.807) is 27.8 Å². The van der Waals surface area contributed by atoms with Gasteiger partial charge < -0.3 is 4.74 Å². The highest BCUT2D eigenvalue weighted by molar-refractivity contribution is 8.15. The van der Waals surface area contributed by atoms with Crippen LogP contribution < -0.4 is 9.64 Å². The largest absolute Gasteiger partial charge is 0.573 e. The van der Waals surface area contributed by atoms with Gasteiger partial charge in [0.05, 0.1) is 28.4 Å². The van der Waals surface area contributed by atoms with Crippen LogP contribution >= 0.6 is 23.4 Å². The van der Waals surface area contributed by atoms with Gasteiger partial charge in [-0.3, -0.25) is 9.69 Å². The molecule has 1 fully saturated rings. The van der Waals surface area contributed by atoms with Crippen LogP contribution in [0.1, 0.15) is 43.6 Å². The molecule has 0 N–H and O–H groups in total. The average Bonchev–Trinajstić information content (AvgIpc) is 3.57. The van der Waals surface area contributed by atoms with E-state index in [4.69, 9.17) is 11.6 Å². The molecule has 1 amide bonds. The third-order valence-corrected chi connectivity index (χ3v) is 7.71. The van der Waals surface area contributed by atoms with Crippen molar-refractivity contribution in [2.45, 2.75) is 39.5 Å². The molecule has 0 aliphatic carbocycles. The number of para-hydroxylation sites is 1. The highest BCUT2D eigenvalue weighted by atomic mass is 35.5. The molecule has 4 aromatic rings. The fourth-order valence-corrected chi connectivity index (χ4v) is 5.50. The zero-order chi connectivity index (χ0) is 30.7. The topological polar surface area (TPSA) is 85.0 Å². The van der Waals surface area contributed by atoms with Gasteiger partial charge >= 0.3 is 6.36 Å². The zero-order valence-corrected chi connectivity index (χ0v) is 24.9. The van der Waals surface area contributed by atoms with Crippen LogP contribution in [0.4, 0.5) is 18.9 Å². The number of ether oxygens (including phenoxy) is 1. The summed E-state index contributed by atoms with van der Waals surface area (Å²) in [6.45, 7) is 6.05. The molecule has 0 bridgehead atoms. The molecule has 1 saturated heterocycles. The van der Waals surface area contributed by atoms with Crippen LogP contribution in [-0.2, 0) is 11.2 Å². The standard InChI is InChI=1S/C30H26ClF3N6O2S/c1-4-26-36-28(38-40(26)21-11-13-22(14-12-21)42-30(32,33)34)19-9-10-20(24(31)15-19)16-35-37-29-39(27(41)17-43-29)25-8-6-5-7-23(25)18(2)3/h5-16,18H,4,17H2,1-3H3. The molecule has 0 saturated carbocycles. The van der Waals surface area contributed by atoms with E-state index in [1.807, 2.05) is 31.2 Å². The Bertz CT molecular complexity index is 1700. The summed E-state index contributed by atoms with van der Waals surface area (Å²) in [7, 11) is 0. The molecule has 1 aromatic heterocycles. The smallest absolute Gasteiger partial charge is 0.406 e. The molecule has 8 nitrogen and oxygen atoms in total. The highest BCUT2D eigenvalue weighted by Crippen LogP contribution is 2.33. The second-order valence-corrected chi connectivity index (χ2v) is 11.1. The summed E-state index contributed by atoms with van der Waals surface area (Å²) in [5, 5.41) is 14.0. The van der Waals surface area contributed by atoms with E-state index in [2.05, 4.69) is 38.9 Å². The Hall–Kier alpha value is -4.16. The van der Waals surface area contributed by atoms with E-state index in [0.29, 0.717) is 45.1 Å². The first-order chi connectivity index (χ1) is 20.5. The number of benzene rings is 3. The second-order valence-electron chi connectivity index (χ2n) is 9.75. The average molecular weight is 627 g/mol. The second kappa shape index (κ2) is 12.6. The highest BCUT2D eigenvalue weighted by Gasteiger charge is 2.32. The molecule has 0 unspecified atom stereocenters. The number of amidine groups is 1. The number of rotatable bonds is 8. The number of nitrogens with zero attached hydrogens (tertiary/aromatic N) is 6. The molecule has 1 aliphatic rings. The molecule has 0 radical (unpaired) electrons. The number of hydrogen-bond acceptors (Lipinski definition) is 7. The van der Waals surface area contributed by atoms with E-state index in [1.165, 1.54) is 42.2 Å². The van der Waals surface area contributed by atoms with Gasteiger partial charge in [0.15, 0.2) is 11.0 Å². The van der Waals surface area contributed by atoms with Crippen LogP contribution in [0, 0.1) is 0 Å². The van der Waals surface area contributed by atoms with E-state index >= 15 is 0 Å². The molecule has 0 spiro atoms. The van der Waals surface area contributed by atoms with Crippen molar-refractivity contribution in [2.24, 2.45) is 10.2 Å². The van der Waals surface area contributed by atoms with Gasteiger partial charge in [0.25, 0.3) is 0 Å². The lowest BCUT2D eigenvalue weighted by Gasteiger charge is -2.20. The molecule has 3 aromatic carbocycles. The first-order valence-corrected chi connectivity index (χ1v) is 14.7. The normalized spacial score (nSPS) is 14.9. The van der Waals surface area contributed by atoms with Crippen LogP contribution in [-0.4, -0.2) is 44.2 Å². The Morgan fingerprint density at radius 1 is 1.12 bits per heavy atom. The summed E-state index contributed by atoms with van der Waals surface area (Å²) >= 11 is 7.89. The summed E-state index contributed by atoms with van der Waals surface area (Å²) < 4.78 is 43.1. The number of aromatic nitrogens is 3. The molecule has 43 heavy (non-hydrogen) atoms. The fourth-order valence-electron chi connectivity index (χ4n) is 4.46. The zero-order valence-electron chi connectivity index (χ0n) is 23.3. The van der Waals surface area contributed by atoms with E-state index in [9.17, 15) is 18.0 Å². The van der Waals surface area contributed by atoms with Crippen molar-refractivity contribution in [2.75, 3.05) is 10.7 Å². The molecule has 222 valence electrons. The van der Waals surface area contributed by atoms with Crippen molar-refractivity contribution >= 4 is 46.3 Å². The SMILES string of the molecule is CCc1nc(-c2ccc(C=NN=C3SCC(=O)N3c3ccccc3C(C)C)c(Cl)c2)nn1-c1ccc(OC(F)(F)F)cc1. The fraction of sp³-hybridized carbons (Fsp3) is 0.233. The molecule has 0 atom stereocenters. The van der Waals surface area contributed by atoms with Crippen LogP contribution in [0.2, 0.25) is 5.02 Å². The van der Waals surface area contributed by atoms with Crippen LogP contribution in [0.15, 0.2) is 76.9 Å². The predicted molar refractivity (Wildman–Crippen MR) is 163 cm³/mol. The Morgan fingerprint density at radius 3 is 2.53 bits per heavy atom. The lowest BCUT2D eigenvalue weighted by molar-refractivity contribution is -0.274. The minimum Gasteiger partial charge on any atom is -0.406 e. The van der Waals surface area contributed by atoms with Crippen molar-refractivity contribution in [1.29, 1.82) is 0 Å². The number of alkyl halides is 3. The van der Waals surface area contributed by atoms with Gasteiger partial charge in [0.2, 0.25) is 5.91 Å². The molecular weight excluding hydrogens is 601 g/mol. The third-order valence-electron chi connectivity index (χ3n) is 6.47. The van der Waals surface area contributed by atoms with Crippen molar-refractivity contribution in [3.8, 4) is 22.8 Å². The number of aryl methyl sites for hydroxylation is 1. The van der Waals surface area contributed by atoms with E-state index in [0.717, 1.165) is 11.3 Å². The van der Waals surface area contributed by atoms with Crippen molar-refractivity contribution in [3.05, 3.63) is 88.7 Å². The van der Waals surface area contributed by atoms with Crippen molar-refractivity contribution in [1.82, 2.24) is 14.8 Å². The number of carbonyl (C=O) groups excluding carboxylic acids is 1. The van der Waals surface area contributed by atoms with Gasteiger partial charge in [0, 0.05) is 17.5 Å². The van der Waals surface area contributed by atoms with Gasteiger partial charge in [-0.1, -0.05) is 74.5 Å². The lowest BCUT2D eigenvalue weighted by Crippen LogP contribution is -2.30. The summed E-state index contributed by atoms with van der Waals surface area (Å²) in [5.74, 6) is 1.14. The van der Waals surface area contributed by atoms with Gasteiger partial charge in [0.1, 0.15) is 11.6 Å². The first-order valence-electron chi connectivity index (χ1n) is 13.3. The van der Waals surface area contributed by atoms with Gasteiger partial charge in [-0.25, -0.2) is 9.67 Å². The number of amides is 1. The maximum atomic E-state index is 12.7. The quantitative estimate of drug-likeness (QED) is 0.148. The third kappa shape index (κ3) is 6.91. The van der Waals surface area contributed by atoms with Gasteiger partial charge in [-0.2, -0.15) is 5.10 Å². The number of thioether (sulfide) groups is 1. The first kappa shape index (κ1) is 30.3. The number of hydrogen-bond donors (Lipinski definition) is 0. The minimum absolute atomic E-state index is 0.0570. The Morgan fingerprint density at radius 2 is 1.86 bits per heavy atom. The van der Waals surface area contributed by atoms with Crippen LogP contribution in [0.5, 0.6) is 5.75 Å². The maximum Gasteiger partial charge on any atom is 0.573 e. The minimum atomic E-state index is -4.77. The molecular formula is C30H26ClF3N6O2S. The van der Waals surface area contributed by atoms with Gasteiger partial charge in [-0.05, 0) is 47.9 Å². The van der Waals surface area contributed by atoms with Crippen molar-refractivity contribution in [3.63, 3.8) is 0 Å². The maximum absolute atomic E-state index is 12.7. The Kier molecular flexibility index (Phi) is 8.88.